The topological polar surface area (TPSA) is 50.2 Å². The Hall–Kier alpha value is -2.14. The molecule has 144 valence electrons. The lowest BCUT2D eigenvalue weighted by molar-refractivity contribution is 0.0928. The molecule has 5 heteroatoms. The average Bonchev–Trinajstić information content (AvgIpc) is 3.46. The highest BCUT2D eigenvalue weighted by Gasteiger charge is 2.35. The number of nitrogens with zero attached hydrogens (tertiary/aromatic N) is 3. The Labute approximate surface area is 161 Å². The molecule has 0 spiro atoms. The molecule has 1 N–H and O–H groups in total. The van der Waals surface area contributed by atoms with Crippen LogP contribution in [0, 0.1) is 5.92 Å². The fourth-order valence-corrected chi connectivity index (χ4v) is 4.09. The van der Waals surface area contributed by atoms with Gasteiger partial charge in [0, 0.05) is 31.5 Å². The Balaban J connectivity index is 1.44. The van der Waals surface area contributed by atoms with Crippen molar-refractivity contribution < 1.29 is 4.79 Å². The van der Waals surface area contributed by atoms with Crippen molar-refractivity contribution in [3.05, 3.63) is 53.6 Å². The van der Waals surface area contributed by atoms with Crippen molar-refractivity contribution in [3.8, 4) is 0 Å². The van der Waals surface area contributed by atoms with Crippen molar-refractivity contribution in [1.29, 1.82) is 0 Å². The molecule has 1 amide bonds. The Bertz CT molecular complexity index is 772. The van der Waals surface area contributed by atoms with E-state index in [-0.39, 0.29) is 11.9 Å². The molecule has 1 aromatic carbocycles. The molecule has 1 aromatic heterocycles. The van der Waals surface area contributed by atoms with E-state index in [4.69, 9.17) is 0 Å². The van der Waals surface area contributed by atoms with E-state index in [1.54, 1.807) is 6.20 Å². The zero-order valence-corrected chi connectivity index (χ0v) is 16.2. The van der Waals surface area contributed by atoms with E-state index in [2.05, 4.69) is 27.3 Å². The summed E-state index contributed by atoms with van der Waals surface area (Å²) < 4.78 is 2.01. The van der Waals surface area contributed by atoms with Gasteiger partial charge in [0.1, 0.15) is 5.82 Å². The Morgan fingerprint density at radius 2 is 2.00 bits per heavy atom. The van der Waals surface area contributed by atoms with Gasteiger partial charge in [0.05, 0.1) is 6.04 Å². The number of rotatable bonds is 6. The van der Waals surface area contributed by atoms with E-state index in [1.807, 2.05) is 29.9 Å². The van der Waals surface area contributed by atoms with E-state index in [0.717, 1.165) is 30.8 Å². The lowest BCUT2D eigenvalue weighted by atomic mass is 10.1. The highest BCUT2D eigenvalue weighted by atomic mass is 16.1. The highest BCUT2D eigenvalue weighted by molar-refractivity contribution is 5.94. The van der Waals surface area contributed by atoms with Crippen molar-refractivity contribution in [2.24, 2.45) is 13.0 Å². The van der Waals surface area contributed by atoms with Gasteiger partial charge in [-0.15, -0.1) is 0 Å². The predicted molar refractivity (Wildman–Crippen MR) is 106 cm³/mol. The molecule has 27 heavy (non-hydrogen) atoms. The second-order valence-electron chi connectivity index (χ2n) is 8.08. The Morgan fingerprint density at radius 1 is 1.22 bits per heavy atom. The van der Waals surface area contributed by atoms with Crippen LogP contribution in [0.5, 0.6) is 0 Å². The van der Waals surface area contributed by atoms with Gasteiger partial charge in [-0.1, -0.05) is 25.0 Å². The standard InChI is InChI=1S/C22H30N4O/c1-25-14-11-23-21(25)20(18-9-10-18)24-22(27)19-8-6-7-17(15-19)16-26-12-4-2-3-5-13-26/h6-8,11,14-15,18,20H,2-5,9-10,12-13,16H2,1H3,(H,24,27). The third kappa shape index (κ3) is 4.59. The van der Waals surface area contributed by atoms with Crippen LogP contribution >= 0.6 is 0 Å². The van der Waals surface area contributed by atoms with Gasteiger partial charge in [-0.25, -0.2) is 4.98 Å². The van der Waals surface area contributed by atoms with Gasteiger partial charge in [0.25, 0.3) is 5.91 Å². The first-order chi connectivity index (χ1) is 13.2. The monoisotopic (exact) mass is 366 g/mol. The number of hydrogen-bond acceptors (Lipinski definition) is 3. The van der Waals surface area contributed by atoms with Gasteiger partial charge in [0.15, 0.2) is 0 Å². The predicted octanol–water partition coefficient (Wildman–Crippen LogP) is 3.68. The number of amides is 1. The second-order valence-corrected chi connectivity index (χ2v) is 8.08. The van der Waals surface area contributed by atoms with Crippen LogP contribution in [0.15, 0.2) is 36.7 Å². The first-order valence-electron chi connectivity index (χ1n) is 10.3. The van der Waals surface area contributed by atoms with Crippen molar-refractivity contribution in [2.75, 3.05) is 13.1 Å². The van der Waals surface area contributed by atoms with E-state index >= 15 is 0 Å². The van der Waals surface area contributed by atoms with Crippen LogP contribution in [0.1, 0.15) is 66.3 Å². The molecule has 2 aromatic rings. The average molecular weight is 367 g/mol. The molecule has 1 aliphatic carbocycles. The maximum absolute atomic E-state index is 12.9. The molecule has 2 aliphatic rings. The summed E-state index contributed by atoms with van der Waals surface area (Å²) in [5.41, 5.74) is 1.98. The molecular formula is C22H30N4O. The van der Waals surface area contributed by atoms with E-state index < -0.39 is 0 Å². The molecule has 1 aliphatic heterocycles. The van der Waals surface area contributed by atoms with Gasteiger partial charge in [-0.2, -0.15) is 0 Å². The number of aryl methyl sites for hydroxylation is 1. The lowest BCUT2D eigenvalue weighted by Gasteiger charge is -2.21. The summed E-state index contributed by atoms with van der Waals surface area (Å²) in [6.45, 7) is 3.27. The minimum atomic E-state index is 0.00626. The van der Waals surface area contributed by atoms with Crippen LogP contribution in [-0.4, -0.2) is 33.4 Å². The van der Waals surface area contributed by atoms with Crippen LogP contribution in [0.3, 0.4) is 0 Å². The molecular weight excluding hydrogens is 336 g/mol. The maximum Gasteiger partial charge on any atom is 0.251 e. The largest absolute Gasteiger partial charge is 0.342 e. The molecule has 4 rings (SSSR count). The molecule has 1 atom stereocenters. The van der Waals surface area contributed by atoms with E-state index in [1.165, 1.54) is 44.3 Å². The van der Waals surface area contributed by atoms with E-state index in [9.17, 15) is 4.79 Å². The fraction of sp³-hybridized carbons (Fsp3) is 0.545. The molecule has 2 heterocycles. The summed E-state index contributed by atoms with van der Waals surface area (Å²) in [4.78, 5) is 19.9. The molecule has 2 fully saturated rings. The number of aromatic nitrogens is 2. The molecule has 0 bridgehead atoms. The van der Waals surface area contributed by atoms with Gasteiger partial charge in [-0.05, 0) is 62.4 Å². The third-order valence-corrected chi connectivity index (χ3v) is 5.81. The smallest absolute Gasteiger partial charge is 0.251 e. The van der Waals surface area contributed by atoms with Crippen molar-refractivity contribution in [2.45, 2.75) is 51.1 Å². The van der Waals surface area contributed by atoms with Crippen molar-refractivity contribution in [3.63, 3.8) is 0 Å². The molecule has 1 unspecified atom stereocenters. The number of carbonyl (C=O) groups is 1. The zero-order valence-electron chi connectivity index (χ0n) is 16.2. The molecule has 0 radical (unpaired) electrons. The van der Waals surface area contributed by atoms with Gasteiger partial charge >= 0.3 is 0 Å². The van der Waals surface area contributed by atoms with Crippen LogP contribution in [0.4, 0.5) is 0 Å². The number of likely N-dealkylation sites (tertiary alicyclic amines) is 1. The normalized spacial score (nSPS) is 19.4. The minimum Gasteiger partial charge on any atom is -0.342 e. The fourth-order valence-electron chi connectivity index (χ4n) is 4.09. The second kappa shape index (κ2) is 8.26. The van der Waals surface area contributed by atoms with Gasteiger partial charge in [-0.3, -0.25) is 9.69 Å². The van der Waals surface area contributed by atoms with Gasteiger partial charge < -0.3 is 9.88 Å². The van der Waals surface area contributed by atoms with Gasteiger partial charge in [0.2, 0.25) is 0 Å². The van der Waals surface area contributed by atoms with Crippen molar-refractivity contribution in [1.82, 2.24) is 19.8 Å². The highest BCUT2D eigenvalue weighted by Crippen LogP contribution is 2.40. The van der Waals surface area contributed by atoms with Crippen molar-refractivity contribution >= 4 is 5.91 Å². The summed E-state index contributed by atoms with van der Waals surface area (Å²) >= 11 is 0. The van der Waals surface area contributed by atoms with Crippen LogP contribution < -0.4 is 5.32 Å². The van der Waals surface area contributed by atoms with E-state index in [0.29, 0.717) is 5.92 Å². The summed E-state index contributed by atoms with van der Waals surface area (Å²) in [6.07, 6.45) is 11.3. The number of imidazole rings is 1. The SMILES string of the molecule is Cn1ccnc1C(NC(=O)c1cccc(CN2CCCCCC2)c1)C1CC1. The van der Waals surface area contributed by atoms with Crippen LogP contribution in [0.2, 0.25) is 0 Å². The summed E-state index contributed by atoms with van der Waals surface area (Å²) in [5, 5.41) is 3.24. The maximum atomic E-state index is 12.9. The third-order valence-electron chi connectivity index (χ3n) is 5.81. The molecule has 1 saturated heterocycles. The quantitative estimate of drug-likeness (QED) is 0.848. The Morgan fingerprint density at radius 3 is 2.67 bits per heavy atom. The molecule has 5 nitrogen and oxygen atoms in total. The van der Waals surface area contributed by atoms with Crippen LogP contribution in [-0.2, 0) is 13.6 Å². The minimum absolute atomic E-state index is 0.00626. The number of nitrogens with one attached hydrogen (secondary N) is 1. The zero-order chi connectivity index (χ0) is 18.6. The summed E-state index contributed by atoms with van der Waals surface area (Å²) in [7, 11) is 1.99. The number of hydrogen-bond donors (Lipinski definition) is 1. The Kier molecular flexibility index (Phi) is 5.58. The lowest BCUT2D eigenvalue weighted by Crippen LogP contribution is -2.31. The first-order valence-corrected chi connectivity index (χ1v) is 10.3. The van der Waals surface area contributed by atoms with Crippen LogP contribution in [0.25, 0.3) is 0 Å². The molecule has 1 saturated carbocycles. The first kappa shape index (κ1) is 18.2. The summed E-state index contributed by atoms with van der Waals surface area (Å²) in [6, 6.07) is 8.13. The number of carbonyl (C=O) groups excluding carboxylic acids is 1. The summed E-state index contributed by atoms with van der Waals surface area (Å²) in [5.74, 6) is 1.47. The number of benzene rings is 1.